The van der Waals surface area contributed by atoms with Crippen LogP contribution in [0, 0.1) is 45.8 Å². The maximum Gasteiger partial charge on any atom is 0.315 e. The van der Waals surface area contributed by atoms with Gasteiger partial charge in [-0.05, 0) is 55.8 Å². The van der Waals surface area contributed by atoms with Crippen LogP contribution >= 0.6 is 0 Å². The zero-order valence-electron chi connectivity index (χ0n) is 21.3. The Balaban J connectivity index is 1.57. The molecule has 8 heteroatoms. The van der Waals surface area contributed by atoms with Crippen molar-refractivity contribution >= 4 is 12.3 Å². The fourth-order valence-electron chi connectivity index (χ4n) is 9.34. The van der Waals surface area contributed by atoms with Gasteiger partial charge in [-0.3, -0.25) is 4.79 Å². The first kappa shape index (κ1) is 25.3. The number of hydrogen-bond donors (Lipinski definition) is 3. The molecule has 4 aliphatic carbocycles. The summed E-state index contributed by atoms with van der Waals surface area (Å²) >= 11 is 0. The Kier molecular flexibility index (Phi) is 6.04. The zero-order valence-corrected chi connectivity index (χ0v) is 21.3. The number of aldehydes is 1. The van der Waals surface area contributed by atoms with Crippen LogP contribution < -0.4 is 0 Å². The molecule has 0 radical (unpaired) electrons. The third kappa shape index (κ3) is 2.92. The summed E-state index contributed by atoms with van der Waals surface area (Å²) in [5.41, 5.74) is -2.28. The van der Waals surface area contributed by atoms with Crippen molar-refractivity contribution in [2.45, 2.75) is 84.1 Å². The maximum absolute atomic E-state index is 13.5. The van der Waals surface area contributed by atoms with Crippen molar-refractivity contribution in [3.8, 4) is 0 Å². The third-order valence-corrected chi connectivity index (χ3v) is 10.7. The van der Waals surface area contributed by atoms with Crippen molar-refractivity contribution in [3.63, 3.8) is 0 Å². The molecule has 0 amide bonds. The molecule has 3 N–H and O–H groups in total. The van der Waals surface area contributed by atoms with Gasteiger partial charge in [-0.2, -0.15) is 0 Å². The first-order valence-electron chi connectivity index (χ1n) is 13.1. The lowest BCUT2D eigenvalue weighted by molar-refractivity contribution is -0.306. The molecule has 8 nitrogen and oxygen atoms in total. The number of aliphatic hydroxyl groups is 2. The minimum absolute atomic E-state index is 0.0219. The van der Waals surface area contributed by atoms with E-state index in [9.17, 15) is 24.9 Å². The minimum atomic E-state index is -1.34. The average molecular weight is 493 g/mol. The van der Waals surface area contributed by atoms with Crippen LogP contribution in [0.3, 0.4) is 0 Å². The molecular formula is C27H40O8. The van der Waals surface area contributed by atoms with Gasteiger partial charge in [-0.25, -0.2) is 0 Å². The second-order valence-corrected chi connectivity index (χ2v) is 12.2. The van der Waals surface area contributed by atoms with Crippen LogP contribution in [0.2, 0.25) is 0 Å². The molecule has 5 rings (SSSR count). The van der Waals surface area contributed by atoms with E-state index >= 15 is 0 Å². The largest absolute Gasteiger partial charge is 0.481 e. The topological polar surface area (TPSA) is 123 Å². The van der Waals surface area contributed by atoms with Gasteiger partial charge in [-0.15, -0.1) is 0 Å². The number of carboxylic acid groups (broad SMARTS) is 1. The first-order chi connectivity index (χ1) is 16.5. The molecule has 35 heavy (non-hydrogen) atoms. The second kappa shape index (κ2) is 8.35. The van der Waals surface area contributed by atoms with Gasteiger partial charge in [0.05, 0.1) is 18.1 Å². The minimum Gasteiger partial charge on any atom is -0.481 e. The lowest BCUT2D eigenvalue weighted by Gasteiger charge is -2.58. The van der Waals surface area contributed by atoms with Crippen LogP contribution in [0.25, 0.3) is 0 Å². The summed E-state index contributed by atoms with van der Waals surface area (Å²) in [6.45, 7) is 8.02. The van der Waals surface area contributed by atoms with E-state index in [0.717, 1.165) is 24.7 Å². The molecule has 4 fully saturated rings. The number of hydrogen-bond acceptors (Lipinski definition) is 7. The number of fused-ring (bicyclic) bond motifs is 2. The van der Waals surface area contributed by atoms with Crippen molar-refractivity contribution in [1.29, 1.82) is 0 Å². The molecule has 12 atom stereocenters. The molecule has 1 aliphatic heterocycles. The maximum atomic E-state index is 13.5. The molecule has 4 bridgehead atoms. The Hall–Kier alpha value is -1.32. The molecule has 0 aromatic rings. The van der Waals surface area contributed by atoms with Gasteiger partial charge >= 0.3 is 5.97 Å². The van der Waals surface area contributed by atoms with E-state index in [-0.39, 0.29) is 30.3 Å². The summed E-state index contributed by atoms with van der Waals surface area (Å²) in [5, 5.41) is 32.3. The van der Waals surface area contributed by atoms with Gasteiger partial charge in [-0.1, -0.05) is 38.8 Å². The van der Waals surface area contributed by atoms with E-state index < -0.39 is 52.9 Å². The first-order valence-corrected chi connectivity index (χ1v) is 13.1. The van der Waals surface area contributed by atoms with Crippen LogP contribution in [0.4, 0.5) is 0 Å². The Morgan fingerprint density at radius 1 is 1.23 bits per heavy atom. The molecule has 1 heterocycles. The van der Waals surface area contributed by atoms with Crippen molar-refractivity contribution in [1.82, 2.24) is 0 Å². The highest BCUT2D eigenvalue weighted by Gasteiger charge is 2.84. The molecule has 3 saturated carbocycles. The molecule has 0 aromatic carbocycles. The number of aliphatic hydroxyl groups excluding tert-OH is 2. The Morgan fingerprint density at radius 3 is 2.54 bits per heavy atom. The van der Waals surface area contributed by atoms with Gasteiger partial charge in [0.1, 0.15) is 30.0 Å². The van der Waals surface area contributed by atoms with Gasteiger partial charge < -0.3 is 34.3 Å². The Labute approximate surface area is 207 Å². The summed E-state index contributed by atoms with van der Waals surface area (Å²) in [4.78, 5) is 26.5. The van der Waals surface area contributed by atoms with Gasteiger partial charge in [0, 0.05) is 12.5 Å². The van der Waals surface area contributed by atoms with Crippen LogP contribution in [-0.2, 0) is 23.8 Å². The number of methoxy groups -OCH3 is 1. The zero-order chi connectivity index (χ0) is 25.5. The number of aliphatic carboxylic acids is 1. The summed E-state index contributed by atoms with van der Waals surface area (Å²) < 4.78 is 17.4. The Morgan fingerprint density at radius 2 is 1.94 bits per heavy atom. The van der Waals surface area contributed by atoms with Crippen LogP contribution in [0.1, 0.15) is 53.4 Å². The van der Waals surface area contributed by atoms with Crippen LogP contribution in [0.5, 0.6) is 0 Å². The van der Waals surface area contributed by atoms with Gasteiger partial charge in [0.15, 0.2) is 6.29 Å². The van der Waals surface area contributed by atoms with E-state index in [1.807, 2.05) is 13.8 Å². The number of ether oxygens (including phenoxy) is 3. The number of carboxylic acids is 1. The monoisotopic (exact) mass is 492 g/mol. The molecule has 1 saturated heterocycles. The van der Waals surface area contributed by atoms with Crippen molar-refractivity contribution in [3.05, 3.63) is 11.6 Å². The standard InChI is InChI=1S/C27H40O8/c1-13(2)19-8-16-9-25(11-28)18-7-6-14(3)17(18)10-26(16,27(19,25)24(31)32)12-34-23-21(30)20(29)22(33-5)15(4)35-23/h8,11,13-18,20-23,29-30H,6-7,9-10,12H2,1-5H3,(H,31,32)/t14-,15+,16?,17-,18-,20-,21-,22+,23?,25+,26+,27?/m1/s1. The molecule has 3 unspecified atom stereocenters. The van der Waals surface area contributed by atoms with E-state index in [1.54, 1.807) is 6.92 Å². The molecule has 196 valence electrons. The van der Waals surface area contributed by atoms with E-state index in [0.29, 0.717) is 18.8 Å². The average Bonchev–Trinajstić information content (AvgIpc) is 3.38. The summed E-state index contributed by atoms with van der Waals surface area (Å²) in [6.07, 6.45) is 1.32. The molecule has 0 aromatic heterocycles. The number of allylic oxidation sites excluding steroid dienone is 1. The van der Waals surface area contributed by atoms with Crippen LogP contribution in [0.15, 0.2) is 11.6 Å². The predicted molar refractivity (Wildman–Crippen MR) is 125 cm³/mol. The fraction of sp³-hybridized carbons (Fsp3) is 0.852. The number of rotatable bonds is 7. The number of carbonyl (C=O) groups is 2. The lowest BCUT2D eigenvalue weighted by atomic mass is 9.43. The van der Waals surface area contributed by atoms with Crippen molar-refractivity contribution < 1.29 is 39.1 Å². The lowest BCUT2D eigenvalue weighted by Crippen LogP contribution is -2.64. The smallest absolute Gasteiger partial charge is 0.315 e. The van der Waals surface area contributed by atoms with Gasteiger partial charge in [0.25, 0.3) is 0 Å². The van der Waals surface area contributed by atoms with Gasteiger partial charge in [0.2, 0.25) is 0 Å². The highest BCUT2D eigenvalue weighted by Crippen LogP contribution is 2.82. The summed E-state index contributed by atoms with van der Waals surface area (Å²) in [6, 6.07) is 0. The fourth-order valence-corrected chi connectivity index (χ4v) is 9.34. The molecular weight excluding hydrogens is 452 g/mol. The highest BCUT2D eigenvalue weighted by molar-refractivity contribution is 5.90. The van der Waals surface area contributed by atoms with E-state index in [2.05, 4.69) is 13.0 Å². The molecule has 0 spiro atoms. The Bertz CT molecular complexity index is 917. The van der Waals surface area contributed by atoms with E-state index in [1.165, 1.54) is 7.11 Å². The predicted octanol–water partition coefficient (Wildman–Crippen LogP) is 2.41. The quantitative estimate of drug-likeness (QED) is 0.366. The van der Waals surface area contributed by atoms with Crippen molar-refractivity contribution in [2.75, 3.05) is 13.7 Å². The summed E-state index contributed by atoms with van der Waals surface area (Å²) in [7, 11) is 1.45. The SMILES string of the molecule is CO[C@@H]1[C@H](O)[C@@H](O)C(OC[C@@]23C[C@@H]4[C@H](C)CC[C@H]4[C@@]4(C=O)CC2C=C(C(C)C)C34C(=O)O)O[C@H]1C. The van der Waals surface area contributed by atoms with Crippen molar-refractivity contribution in [2.24, 2.45) is 45.8 Å². The summed E-state index contributed by atoms with van der Waals surface area (Å²) in [5.74, 6) is -0.358. The number of carbonyl (C=O) groups excluding carboxylic acids is 1. The second-order valence-electron chi connectivity index (χ2n) is 12.2. The van der Waals surface area contributed by atoms with E-state index in [4.69, 9.17) is 14.2 Å². The molecule has 5 aliphatic rings. The third-order valence-electron chi connectivity index (χ3n) is 10.7. The highest BCUT2D eigenvalue weighted by atomic mass is 16.7. The van der Waals surface area contributed by atoms with Crippen LogP contribution in [-0.4, -0.2) is 72.0 Å². The normalized spacial score (nSPS) is 52.5.